The third-order valence-electron chi connectivity index (χ3n) is 5.20. The molecule has 2 nitrogen and oxygen atoms in total. The van der Waals surface area contributed by atoms with Gasteiger partial charge in [0.15, 0.2) is 0 Å². The Bertz CT molecular complexity index is 562. The van der Waals surface area contributed by atoms with Crippen molar-refractivity contribution >= 4 is 18.4 Å². The Morgan fingerprint density at radius 2 is 1.57 bits per heavy atom. The summed E-state index contributed by atoms with van der Waals surface area (Å²) in [6.07, 6.45) is 3.74. The van der Waals surface area contributed by atoms with E-state index in [1.54, 1.807) is 0 Å². The highest BCUT2D eigenvalue weighted by molar-refractivity contribution is 7.01. The molecule has 1 aliphatic heterocycles. The van der Waals surface area contributed by atoms with Gasteiger partial charge in [-0.2, -0.15) is 0 Å². The van der Waals surface area contributed by atoms with Crippen LogP contribution in [0.3, 0.4) is 0 Å². The fourth-order valence-corrected chi connectivity index (χ4v) is 7.64. The quantitative estimate of drug-likeness (QED) is 0.757. The molecule has 3 heteroatoms. The molecule has 0 radical (unpaired) electrons. The van der Waals surface area contributed by atoms with Crippen LogP contribution in [0.2, 0.25) is 6.55 Å². The zero-order chi connectivity index (χ0) is 16.1. The smallest absolute Gasteiger partial charge is 0.128 e. The molecule has 0 aliphatic carbocycles. The minimum atomic E-state index is -1.77. The molecule has 3 rings (SSSR count). The lowest BCUT2D eigenvalue weighted by Gasteiger charge is -2.35. The summed E-state index contributed by atoms with van der Waals surface area (Å²) in [5, 5.41) is 3.04. The van der Waals surface area contributed by atoms with E-state index in [1.165, 1.54) is 35.9 Å². The number of nitrogens with zero attached hydrogens (tertiary/aromatic N) is 1. The first kappa shape index (κ1) is 16.4. The largest absolute Gasteiger partial charge is 0.383 e. The van der Waals surface area contributed by atoms with Crippen LogP contribution >= 0.6 is 0 Å². The number of hydrogen-bond acceptors (Lipinski definition) is 2. The lowest BCUT2D eigenvalue weighted by atomic mass is 10.2. The Labute approximate surface area is 141 Å². The highest BCUT2D eigenvalue weighted by Crippen LogP contribution is 2.20. The Morgan fingerprint density at radius 3 is 2.09 bits per heavy atom. The third kappa shape index (κ3) is 3.57. The maximum Gasteiger partial charge on any atom is 0.128 e. The Kier molecular flexibility index (Phi) is 5.31. The minimum absolute atomic E-state index is 0.583. The molecule has 0 aromatic heterocycles. The van der Waals surface area contributed by atoms with Gasteiger partial charge in [-0.15, -0.1) is 0 Å². The van der Waals surface area contributed by atoms with E-state index in [-0.39, 0.29) is 0 Å². The van der Waals surface area contributed by atoms with Gasteiger partial charge in [0.25, 0.3) is 0 Å². The van der Waals surface area contributed by atoms with E-state index in [2.05, 4.69) is 72.1 Å². The second-order valence-corrected chi connectivity index (χ2v) is 10.9. The molecule has 0 spiro atoms. The van der Waals surface area contributed by atoms with Crippen molar-refractivity contribution in [3.05, 3.63) is 60.7 Å². The van der Waals surface area contributed by atoms with Crippen LogP contribution in [0.1, 0.15) is 12.8 Å². The second-order valence-electron chi connectivity index (χ2n) is 6.79. The van der Waals surface area contributed by atoms with Gasteiger partial charge in [0.2, 0.25) is 0 Å². The molecule has 2 aromatic carbocycles. The van der Waals surface area contributed by atoms with E-state index < -0.39 is 8.07 Å². The number of rotatable bonds is 6. The lowest BCUT2D eigenvalue weighted by molar-refractivity contribution is 0.124. The summed E-state index contributed by atoms with van der Waals surface area (Å²) in [5.74, 6) is 0. The van der Waals surface area contributed by atoms with Crippen molar-refractivity contribution < 1.29 is 4.74 Å². The van der Waals surface area contributed by atoms with Crippen molar-refractivity contribution in [1.82, 2.24) is 4.90 Å². The van der Waals surface area contributed by atoms with E-state index in [0.717, 1.165) is 6.61 Å². The van der Waals surface area contributed by atoms with Crippen LogP contribution in [0.4, 0.5) is 0 Å². The summed E-state index contributed by atoms with van der Waals surface area (Å²) in [7, 11) is 0.0538. The highest BCUT2D eigenvalue weighted by atomic mass is 28.3. The summed E-state index contributed by atoms with van der Waals surface area (Å²) < 4.78 is 5.46. The minimum Gasteiger partial charge on any atom is -0.383 e. The van der Waals surface area contributed by atoms with Crippen LogP contribution < -0.4 is 10.4 Å². The van der Waals surface area contributed by atoms with Gasteiger partial charge in [-0.1, -0.05) is 77.6 Å². The van der Waals surface area contributed by atoms with Crippen LogP contribution in [-0.2, 0) is 4.74 Å². The fourth-order valence-electron chi connectivity index (χ4n) is 3.85. The fraction of sp³-hybridized carbons (Fsp3) is 0.400. The van der Waals surface area contributed by atoms with Crippen molar-refractivity contribution in [2.45, 2.75) is 25.4 Å². The first-order chi connectivity index (χ1) is 11.2. The molecule has 1 atom stereocenters. The van der Waals surface area contributed by atoms with Crippen LogP contribution in [0.15, 0.2) is 60.7 Å². The van der Waals surface area contributed by atoms with Crippen molar-refractivity contribution in [3.8, 4) is 0 Å². The zero-order valence-corrected chi connectivity index (χ0v) is 15.2. The SMILES string of the molecule is COC[C@@H]1CCCN1C[Si](C)(c1ccccc1)c1ccccc1. The van der Waals surface area contributed by atoms with Crippen LogP contribution in [0.5, 0.6) is 0 Å². The van der Waals surface area contributed by atoms with Gasteiger partial charge >= 0.3 is 0 Å². The predicted molar refractivity (Wildman–Crippen MR) is 100 cm³/mol. The lowest BCUT2D eigenvalue weighted by Crippen LogP contribution is -2.63. The number of benzene rings is 2. The van der Waals surface area contributed by atoms with Crippen molar-refractivity contribution in [2.24, 2.45) is 0 Å². The van der Waals surface area contributed by atoms with Gasteiger partial charge in [0, 0.05) is 19.3 Å². The van der Waals surface area contributed by atoms with Crippen molar-refractivity contribution in [1.29, 1.82) is 0 Å². The molecule has 0 amide bonds. The summed E-state index contributed by atoms with van der Waals surface area (Å²) in [4.78, 5) is 2.68. The molecule has 1 saturated heterocycles. The van der Waals surface area contributed by atoms with Gasteiger partial charge in [0.1, 0.15) is 8.07 Å². The first-order valence-corrected chi connectivity index (χ1v) is 11.3. The Morgan fingerprint density at radius 1 is 1.00 bits per heavy atom. The van der Waals surface area contributed by atoms with Crippen LogP contribution in [-0.4, -0.2) is 45.4 Å². The molecule has 0 saturated carbocycles. The average molecular weight is 326 g/mol. The number of hydrogen-bond donors (Lipinski definition) is 0. The number of likely N-dealkylation sites (tertiary alicyclic amines) is 1. The molecule has 1 heterocycles. The average Bonchev–Trinajstić information content (AvgIpc) is 3.03. The molecule has 0 N–H and O–H groups in total. The van der Waals surface area contributed by atoms with E-state index >= 15 is 0 Å². The molecule has 0 bridgehead atoms. The molecule has 122 valence electrons. The van der Waals surface area contributed by atoms with Gasteiger partial charge in [-0.25, -0.2) is 0 Å². The van der Waals surface area contributed by atoms with Gasteiger partial charge in [0.05, 0.1) is 6.61 Å². The molecule has 0 unspecified atom stereocenters. The van der Waals surface area contributed by atoms with E-state index in [1.807, 2.05) is 7.11 Å². The van der Waals surface area contributed by atoms with Crippen molar-refractivity contribution in [2.75, 3.05) is 26.4 Å². The summed E-state index contributed by atoms with van der Waals surface area (Å²) >= 11 is 0. The number of methoxy groups -OCH3 is 1. The van der Waals surface area contributed by atoms with Crippen molar-refractivity contribution in [3.63, 3.8) is 0 Å². The summed E-state index contributed by atoms with van der Waals surface area (Å²) in [5.41, 5.74) is 0. The molecule has 2 aromatic rings. The highest BCUT2D eigenvalue weighted by Gasteiger charge is 2.37. The topological polar surface area (TPSA) is 12.5 Å². The molecular weight excluding hydrogens is 298 g/mol. The summed E-state index contributed by atoms with van der Waals surface area (Å²) in [6, 6.07) is 22.8. The van der Waals surface area contributed by atoms with Crippen LogP contribution in [0.25, 0.3) is 0 Å². The second kappa shape index (κ2) is 7.43. The summed E-state index contributed by atoms with van der Waals surface area (Å²) in [6.45, 7) is 4.57. The molecule has 1 fully saturated rings. The van der Waals surface area contributed by atoms with Gasteiger partial charge < -0.3 is 9.64 Å². The molecule has 1 aliphatic rings. The van der Waals surface area contributed by atoms with Gasteiger partial charge in [-0.05, 0) is 19.4 Å². The maximum absolute atomic E-state index is 5.46. The molecule has 23 heavy (non-hydrogen) atoms. The van der Waals surface area contributed by atoms with E-state index in [4.69, 9.17) is 4.74 Å². The third-order valence-corrected chi connectivity index (χ3v) is 9.45. The standard InChI is InChI=1S/C20H27NOSi/c1-22-16-18-10-9-15-21(18)17-23(2,19-11-5-3-6-12-19)20-13-7-4-8-14-20/h3-8,11-14,18H,9-10,15-17H2,1-2H3/t18-/m0/s1. The maximum atomic E-state index is 5.46. The molecular formula is C20H27NOSi. The van der Waals surface area contributed by atoms with E-state index in [9.17, 15) is 0 Å². The van der Waals surface area contributed by atoms with Gasteiger partial charge in [-0.3, -0.25) is 0 Å². The Hall–Kier alpha value is -1.42. The van der Waals surface area contributed by atoms with E-state index in [0.29, 0.717) is 6.04 Å². The van der Waals surface area contributed by atoms with Crippen LogP contribution in [0, 0.1) is 0 Å². The first-order valence-electron chi connectivity index (χ1n) is 8.58. The number of ether oxygens (including phenoxy) is 1. The predicted octanol–water partition coefficient (Wildman–Crippen LogP) is 2.53. The zero-order valence-electron chi connectivity index (χ0n) is 14.2. The monoisotopic (exact) mass is 325 g/mol. The Balaban J connectivity index is 1.93. The normalized spacial score (nSPS) is 19.1.